The third-order valence-electron chi connectivity index (χ3n) is 4.04. The number of hydrogen-bond acceptors (Lipinski definition) is 2. The Morgan fingerprint density at radius 3 is 2.38 bits per heavy atom. The van der Waals surface area contributed by atoms with Crippen LogP contribution in [-0.4, -0.2) is 20.3 Å². The fraction of sp³-hybridized carbons (Fsp3) is 0.846. The van der Waals surface area contributed by atoms with Crippen LogP contribution in [0.1, 0.15) is 39.0 Å². The molecule has 1 unspecified atom stereocenters. The van der Waals surface area contributed by atoms with Gasteiger partial charge < -0.3 is 9.31 Å². The molecule has 0 aromatic rings. The predicted octanol–water partition coefficient (Wildman–Crippen LogP) is 3.29. The molecule has 0 amide bonds. The van der Waals surface area contributed by atoms with Crippen molar-refractivity contribution in [3.05, 3.63) is 12.7 Å². The molecule has 2 aliphatic rings. The molecule has 0 aromatic heterocycles. The molecule has 3 heteroatoms. The summed E-state index contributed by atoms with van der Waals surface area (Å²) in [7, 11) is -0.0235. The van der Waals surface area contributed by atoms with E-state index in [-0.39, 0.29) is 7.12 Å². The first-order chi connectivity index (χ1) is 7.81. The fourth-order valence-electron chi connectivity index (χ4n) is 2.92. The van der Waals surface area contributed by atoms with Gasteiger partial charge in [-0.3, -0.25) is 0 Å². The van der Waals surface area contributed by atoms with Crippen molar-refractivity contribution >= 4 is 7.12 Å². The van der Waals surface area contributed by atoms with Crippen molar-refractivity contribution < 1.29 is 9.31 Å². The Kier molecular flexibility index (Phi) is 4.48. The van der Waals surface area contributed by atoms with Gasteiger partial charge in [0, 0.05) is 19.0 Å². The Bertz CT molecular complexity index is 218. The summed E-state index contributed by atoms with van der Waals surface area (Å²) in [6.45, 7) is 8.02. The van der Waals surface area contributed by atoms with Crippen LogP contribution in [0.2, 0.25) is 5.82 Å². The van der Waals surface area contributed by atoms with Crippen LogP contribution in [0.25, 0.3) is 0 Å². The Labute approximate surface area is 99.5 Å². The van der Waals surface area contributed by atoms with E-state index in [1.807, 2.05) is 0 Å². The lowest BCUT2D eigenvalue weighted by molar-refractivity contribution is 0.120. The Morgan fingerprint density at radius 1 is 1.19 bits per heavy atom. The van der Waals surface area contributed by atoms with Crippen LogP contribution in [0, 0.1) is 11.8 Å². The van der Waals surface area contributed by atoms with E-state index >= 15 is 0 Å². The summed E-state index contributed by atoms with van der Waals surface area (Å²) in [4.78, 5) is 0. The van der Waals surface area contributed by atoms with Crippen molar-refractivity contribution in [2.24, 2.45) is 11.8 Å². The van der Waals surface area contributed by atoms with Crippen molar-refractivity contribution in [3.8, 4) is 0 Å². The van der Waals surface area contributed by atoms with Crippen molar-refractivity contribution in [3.63, 3.8) is 0 Å². The van der Waals surface area contributed by atoms with E-state index in [9.17, 15) is 0 Å². The minimum absolute atomic E-state index is 0.0235. The minimum atomic E-state index is -0.0235. The molecule has 16 heavy (non-hydrogen) atoms. The highest BCUT2D eigenvalue weighted by atomic mass is 16.6. The SMILES string of the molecule is C=CC(B1OCCCO1)C1CCC(C)CC1. The summed E-state index contributed by atoms with van der Waals surface area (Å²) >= 11 is 0. The monoisotopic (exact) mass is 222 g/mol. The minimum Gasteiger partial charge on any atom is -0.411 e. The van der Waals surface area contributed by atoms with Crippen LogP contribution in [0.15, 0.2) is 12.7 Å². The zero-order valence-electron chi connectivity index (χ0n) is 10.4. The molecule has 0 aromatic carbocycles. The lowest BCUT2D eigenvalue weighted by Crippen LogP contribution is -2.37. The van der Waals surface area contributed by atoms with Crippen molar-refractivity contribution in [1.82, 2.24) is 0 Å². The first kappa shape index (κ1) is 12.2. The summed E-state index contributed by atoms with van der Waals surface area (Å²) in [5, 5.41) is 0. The molecular weight excluding hydrogens is 199 g/mol. The number of rotatable bonds is 3. The van der Waals surface area contributed by atoms with Crippen LogP contribution < -0.4 is 0 Å². The van der Waals surface area contributed by atoms with Gasteiger partial charge in [-0.1, -0.05) is 38.7 Å². The van der Waals surface area contributed by atoms with Gasteiger partial charge in [-0.05, 0) is 18.3 Å². The lowest BCUT2D eigenvalue weighted by Gasteiger charge is -2.34. The lowest BCUT2D eigenvalue weighted by atomic mass is 9.60. The normalized spacial score (nSPS) is 33.4. The van der Waals surface area contributed by atoms with Gasteiger partial charge in [-0.2, -0.15) is 0 Å². The molecule has 1 atom stereocenters. The molecule has 0 bridgehead atoms. The van der Waals surface area contributed by atoms with E-state index < -0.39 is 0 Å². The van der Waals surface area contributed by atoms with Crippen LogP contribution in [0.4, 0.5) is 0 Å². The maximum absolute atomic E-state index is 5.72. The molecule has 1 heterocycles. The van der Waals surface area contributed by atoms with Crippen molar-refractivity contribution in [1.29, 1.82) is 0 Å². The molecular formula is C13H23BO2. The molecule has 90 valence electrons. The smallest absolute Gasteiger partial charge is 0.411 e. The van der Waals surface area contributed by atoms with E-state index in [2.05, 4.69) is 19.6 Å². The second-order valence-corrected chi connectivity index (χ2v) is 5.30. The van der Waals surface area contributed by atoms with Gasteiger partial charge >= 0.3 is 7.12 Å². The molecule has 2 rings (SSSR count). The fourth-order valence-corrected chi connectivity index (χ4v) is 2.92. The van der Waals surface area contributed by atoms with Gasteiger partial charge in [0.05, 0.1) is 0 Å². The highest BCUT2D eigenvalue weighted by molar-refractivity contribution is 6.47. The van der Waals surface area contributed by atoms with Crippen LogP contribution in [-0.2, 0) is 9.31 Å². The Hall–Kier alpha value is -0.275. The molecule has 0 N–H and O–H groups in total. The third kappa shape index (κ3) is 2.89. The van der Waals surface area contributed by atoms with E-state index in [1.165, 1.54) is 25.7 Å². The average molecular weight is 222 g/mol. The zero-order chi connectivity index (χ0) is 11.4. The third-order valence-corrected chi connectivity index (χ3v) is 4.04. The Morgan fingerprint density at radius 2 is 1.81 bits per heavy atom. The van der Waals surface area contributed by atoms with Crippen molar-refractivity contribution in [2.45, 2.75) is 44.8 Å². The largest absolute Gasteiger partial charge is 0.464 e. The first-order valence-corrected chi connectivity index (χ1v) is 6.67. The molecule has 1 aliphatic carbocycles. The second kappa shape index (κ2) is 5.88. The van der Waals surface area contributed by atoms with E-state index in [0.29, 0.717) is 5.82 Å². The maximum Gasteiger partial charge on any atom is 0.464 e. The second-order valence-electron chi connectivity index (χ2n) is 5.30. The summed E-state index contributed by atoms with van der Waals surface area (Å²) in [5.41, 5.74) is 0. The molecule has 1 aliphatic heterocycles. The van der Waals surface area contributed by atoms with Crippen LogP contribution in [0.5, 0.6) is 0 Å². The molecule has 0 radical (unpaired) electrons. The van der Waals surface area contributed by atoms with Crippen LogP contribution >= 0.6 is 0 Å². The molecule has 2 nitrogen and oxygen atoms in total. The topological polar surface area (TPSA) is 18.5 Å². The quantitative estimate of drug-likeness (QED) is 0.538. The average Bonchev–Trinajstić information content (AvgIpc) is 2.34. The molecule has 1 saturated heterocycles. The standard InChI is InChI=1S/C13H23BO2/c1-3-13(14-15-9-4-10-16-14)12-7-5-11(2)6-8-12/h3,11-13H,1,4-10H2,2H3. The molecule has 0 spiro atoms. The molecule has 1 saturated carbocycles. The summed E-state index contributed by atoms with van der Waals surface area (Å²) in [6, 6.07) is 0. The van der Waals surface area contributed by atoms with Gasteiger partial charge in [0.15, 0.2) is 0 Å². The number of hydrogen-bond donors (Lipinski definition) is 0. The van der Waals surface area contributed by atoms with E-state index in [0.717, 1.165) is 31.5 Å². The highest BCUT2D eigenvalue weighted by Gasteiger charge is 2.37. The van der Waals surface area contributed by atoms with Gasteiger partial charge in [0.2, 0.25) is 0 Å². The van der Waals surface area contributed by atoms with E-state index in [1.54, 1.807) is 0 Å². The molecule has 2 fully saturated rings. The van der Waals surface area contributed by atoms with Crippen molar-refractivity contribution in [2.75, 3.05) is 13.2 Å². The summed E-state index contributed by atoms with van der Waals surface area (Å²) in [5.74, 6) is 2.01. The highest BCUT2D eigenvalue weighted by Crippen LogP contribution is 2.38. The summed E-state index contributed by atoms with van der Waals surface area (Å²) in [6.07, 6.45) is 8.39. The Balaban J connectivity index is 1.90. The zero-order valence-corrected chi connectivity index (χ0v) is 10.4. The van der Waals surface area contributed by atoms with E-state index in [4.69, 9.17) is 9.31 Å². The first-order valence-electron chi connectivity index (χ1n) is 6.67. The van der Waals surface area contributed by atoms with Gasteiger partial charge in [-0.25, -0.2) is 0 Å². The predicted molar refractivity (Wildman–Crippen MR) is 67.3 cm³/mol. The van der Waals surface area contributed by atoms with Gasteiger partial charge in [0.1, 0.15) is 0 Å². The van der Waals surface area contributed by atoms with Gasteiger partial charge in [0.25, 0.3) is 0 Å². The van der Waals surface area contributed by atoms with Gasteiger partial charge in [-0.15, -0.1) is 6.58 Å². The number of allylic oxidation sites excluding steroid dienone is 1. The van der Waals surface area contributed by atoms with Crippen LogP contribution in [0.3, 0.4) is 0 Å². The maximum atomic E-state index is 5.72. The summed E-state index contributed by atoms with van der Waals surface area (Å²) < 4.78 is 11.4.